The number of benzene rings is 1. The minimum absolute atomic E-state index is 0.0491. The van der Waals surface area contributed by atoms with Crippen LogP contribution >= 0.6 is 0 Å². The third kappa shape index (κ3) is 4.23. The van der Waals surface area contributed by atoms with Gasteiger partial charge in [0.2, 0.25) is 0 Å². The van der Waals surface area contributed by atoms with E-state index in [1.165, 1.54) is 0 Å². The van der Waals surface area contributed by atoms with Crippen LogP contribution in [-0.4, -0.2) is 25.6 Å². The maximum Gasteiger partial charge on any atom is 0.400 e. The van der Waals surface area contributed by atoms with E-state index in [9.17, 15) is 22.0 Å². The summed E-state index contributed by atoms with van der Waals surface area (Å²) in [5, 5.41) is 0. The second kappa shape index (κ2) is 7.45. The topological polar surface area (TPSA) is 27.7 Å². The molecule has 8 heteroatoms. The Hall–Kier alpha value is -1.41. The third-order valence-corrected chi connectivity index (χ3v) is 4.70. The van der Waals surface area contributed by atoms with Gasteiger partial charge in [0.15, 0.2) is 23.7 Å². The van der Waals surface area contributed by atoms with Gasteiger partial charge in [0, 0.05) is 18.1 Å². The molecule has 1 aliphatic heterocycles. The zero-order chi connectivity index (χ0) is 18.0. The van der Waals surface area contributed by atoms with Gasteiger partial charge in [-0.15, -0.1) is 0 Å². The fraction of sp³-hybridized carbons (Fsp3) is 0.647. The van der Waals surface area contributed by atoms with Gasteiger partial charge in [0.05, 0.1) is 19.1 Å². The molecule has 1 heterocycles. The molecule has 1 saturated heterocycles. The number of alkyl halides is 2. The molecule has 3 rings (SSSR count). The molecule has 140 valence electrons. The van der Waals surface area contributed by atoms with Crippen molar-refractivity contribution in [1.29, 1.82) is 0 Å². The van der Waals surface area contributed by atoms with Gasteiger partial charge in [-0.1, -0.05) is 0 Å². The molecule has 0 unspecified atom stereocenters. The number of ether oxygens (including phenoxy) is 3. The van der Waals surface area contributed by atoms with Crippen LogP contribution in [0.5, 0.6) is 5.75 Å². The number of hydrogen-bond donors (Lipinski definition) is 0. The summed E-state index contributed by atoms with van der Waals surface area (Å²) in [7, 11) is 0. The molecule has 1 aliphatic carbocycles. The van der Waals surface area contributed by atoms with E-state index < -0.39 is 35.2 Å². The number of hydrogen-bond acceptors (Lipinski definition) is 3. The molecule has 0 radical (unpaired) electrons. The van der Waals surface area contributed by atoms with Crippen LogP contribution in [0.3, 0.4) is 0 Å². The summed E-state index contributed by atoms with van der Waals surface area (Å²) < 4.78 is 83.3. The zero-order valence-corrected chi connectivity index (χ0v) is 13.5. The Kier molecular flexibility index (Phi) is 5.48. The highest BCUT2D eigenvalue weighted by Crippen LogP contribution is 2.42. The second-order valence-electron chi connectivity index (χ2n) is 6.44. The fourth-order valence-electron chi connectivity index (χ4n) is 3.34. The van der Waals surface area contributed by atoms with Gasteiger partial charge in [-0.2, -0.15) is 8.78 Å². The first-order valence-corrected chi connectivity index (χ1v) is 8.31. The van der Waals surface area contributed by atoms with Crippen LogP contribution in [0.1, 0.15) is 32.1 Å². The van der Waals surface area contributed by atoms with E-state index >= 15 is 0 Å². The van der Waals surface area contributed by atoms with Gasteiger partial charge >= 0.3 is 6.11 Å². The third-order valence-electron chi connectivity index (χ3n) is 4.70. The predicted molar refractivity (Wildman–Crippen MR) is 77.6 cm³/mol. The van der Waals surface area contributed by atoms with E-state index in [4.69, 9.17) is 9.47 Å². The zero-order valence-electron chi connectivity index (χ0n) is 13.5. The van der Waals surface area contributed by atoms with Crippen molar-refractivity contribution in [2.24, 2.45) is 11.8 Å². The molecule has 25 heavy (non-hydrogen) atoms. The minimum atomic E-state index is -3.60. The molecule has 0 N–H and O–H groups in total. The Morgan fingerprint density at radius 2 is 1.48 bits per heavy atom. The molecule has 3 nitrogen and oxygen atoms in total. The van der Waals surface area contributed by atoms with Crippen LogP contribution in [0.2, 0.25) is 0 Å². The summed E-state index contributed by atoms with van der Waals surface area (Å²) in [4.78, 5) is 0. The van der Waals surface area contributed by atoms with Gasteiger partial charge in [0.1, 0.15) is 5.75 Å². The fourth-order valence-corrected chi connectivity index (χ4v) is 3.34. The molecular weight excluding hydrogens is 347 g/mol. The Morgan fingerprint density at radius 1 is 0.920 bits per heavy atom. The first-order valence-electron chi connectivity index (χ1n) is 8.31. The highest BCUT2D eigenvalue weighted by atomic mass is 19.3. The Bertz CT molecular complexity index is 573. The highest BCUT2D eigenvalue weighted by molar-refractivity contribution is 5.25. The van der Waals surface area contributed by atoms with Crippen LogP contribution in [0.4, 0.5) is 22.0 Å². The molecule has 0 bridgehead atoms. The predicted octanol–water partition coefficient (Wildman–Crippen LogP) is 4.64. The van der Waals surface area contributed by atoms with Gasteiger partial charge < -0.3 is 14.2 Å². The molecule has 1 saturated carbocycles. The van der Waals surface area contributed by atoms with Crippen molar-refractivity contribution in [3.8, 4) is 5.75 Å². The number of halogens is 5. The van der Waals surface area contributed by atoms with Gasteiger partial charge in [-0.05, 0) is 32.1 Å². The van der Waals surface area contributed by atoms with Crippen molar-refractivity contribution in [2.75, 3.05) is 13.2 Å². The van der Waals surface area contributed by atoms with E-state index in [0.717, 1.165) is 6.42 Å². The Balaban J connectivity index is 1.59. The quantitative estimate of drug-likeness (QED) is 0.574. The molecule has 0 amide bonds. The molecule has 0 aromatic heterocycles. The molecule has 0 spiro atoms. The van der Waals surface area contributed by atoms with Crippen LogP contribution < -0.4 is 4.74 Å². The summed E-state index contributed by atoms with van der Waals surface area (Å²) in [6.45, 7) is 1.21. The molecular formula is C17H19F5O3. The van der Waals surface area contributed by atoms with E-state index in [-0.39, 0.29) is 25.0 Å². The highest BCUT2D eigenvalue weighted by Gasteiger charge is 2.45. The van der Waals surface area contributed by atoms with Crippen LogP contribution in [0.15, 0.2) is 12.1 Å². The number of rotatable bonds is 4. The molecule has 2 aliphatic rings. The van der Waals surface area contributed by atoms with Crippen molar-refractivity contribution in [3.05, 3.63) is 29.6 Å². The van der Waals surface area contributed by atoms with E-state index in [0.29, 0.717) is 38.2 Å². The molecule has 2 fully saturated rings. The van der Waals surface area contributed by atoms with Gasteiger partial charge in [-0.25, -0.2) is 13.2 Å². The summed E-state index contributed by atoms with van der Waals surface area (Å²) in [6, 6.07) is 0.837. The summed E-state index contributed by atoms with van der Waals surface area (Å²) in [6.07, 6.45) is -1.82. The smallest absolute Gasteiger partial charge is 0.400 e. The van der Waals surface area contributed by atoms with Crippen molar-refractivity contribution >= 4 is 0 Å². The lowest BCUT2D eigenvalue weighted by molar-refractivity contribution is -0.239. The van der Waals surface area contributed by atoms with Crippen LogP contribution in [0.25, 0.3) is 0 Å². The second-order valence-corrected chi connectivity index (χ2v) is 6.44. The first kappa shape index (κ1) is 18.4. The van der Waals surface area contributed by atoms with Gasteiger partial charge in [0.25, 0.3) is 0 Å². The lowest BCUT2D eigenvalue weighted by Gasteiger charge is -2.37. The Morgan fingerprint density at radius 3 is 2.04 bits per heavy atom. The molecule has 1 aromatic rings. The van der Waals surface area contributed by atoms with Crippen molar-refractivity contribution in [1.82, 2.24) is 0 Å². The minimum Gasteiger partial charge on any atom is -0.432 e. The summed E-state index contributed by atoms with van der Waals surface area (Å²) >= 11 is 0. The summed E-state index contributed by atoms with van der Waals surface area (Å²) in [5.74, 6) is -6.63. The average molecular weight is 366 g/mol. The normalized spacial score (nSPS) is 25.8. The molecule has 0 atom stereocenters. The lowest BCUT2D eigenvalue weighted by atomic mass is 9.81. The largest absolute Gasteiger partial charge is 0.432 e. The standard InChI is InChI=1S/C17H19F5O3/c18-13-8-12(9-14(19)15(13)20)25-17(21,22)11-4-2-10(3-5-11)16-23-6-1-7-24-16/h8-11,16H,1-7H2. The first-order chi connectivity index (χ1) is 11.9. The van der Waals surface area contributed by atoms with Crippen molar-refractivity contribution in [3.63, 3.8) is 0 Å². The maximum atomic E-state index is 14.3. The summed E-state index contributed by atoms with van der Waals surface area (Å²) in [5.41, 5.74) is 0. The molecule has 1 aromatic carbocycles. The Labute approximate surface area is 142 Å². The lowest BCUT2D eigenvalue weighted by Crippen LogP contribution is -2.40. The van der Waals surface area contributed by atoms with E-state index in [2.05, 4.69) is 4.74 Å². The maximum absolute atomic E-state index is 14.3. The van der Waals surface area contributed by atoms with Crippen molar-refractivity contribution < 1.29 is 36.2 Å². The van der Waals surface area contributed by atoms with Crippen LogP contribution in [-0.2, 0) is 9.47 Å². The van der Waals surface area contributed by atoms with Crippen molar-refractivity contribution in [2.45, 2.75) is 44.5 Å². The monoisotopic (exact) mass is 366 g/mol. The SMILES string of the molecule is Fc1cc(OC(F)(F)C2CCC(C3OCCCO3)CC2)cc(F)c1F. The van der Waals surface area contributed by atoms with Crippen LogP contribution in [0, 0.1) is 29.3 Å². The average Bonchev–Trinajstić information content (AvgIpc) is 2.60. The van der Waals surface area contributed by atoms with Gasteiger partial charge in [-0.3, -0.25) is 0 Å². The van der Waals surface area contributed by atoms with E-state index in [1.54, 1.807) is 0 Å². The van der Waals surface area contributed by atoms with E-state index in [1.807, 2.05) is 0 Å².